The molecule has 1 unspecified atom stereocenters. The number of aliphatic carboxylic acids is 1. The minimum Gasteiger partial charge on any atom is -0.480 e. The zero-order valence-corrected chi connectivity index (χ0v) is 12.0. The summed E-state index contributed by atoms with van der Waals surface area (Å²) in [6.45, 7) is 3.52. The van der Waals surface area contributed by atoms with E-state index in [0.717, 1.165) is 16.5 Å². The highest BCUT2D eigenvalue weighted by molar-refractivity contribution is 5.89. The zero-order chi connectivity index (χ0) is 15.4. The molecule has 0 radical (unpaired) electrons. The van der Waals surface area contributed by atoms with Crippen molar-refractivity contribution in [3.63, 3.8) is 0 Å². The summed E-state index contributed by atoms with van der Waals surface area (Å²) in [4.78, 5) is 27.5. The minimum absolute atomic E-state index is 0.116. The monoisotopic (exact) mass is 286 g/mol. The van der Waals surface area contributed by atoms with Gasteiger partial charge in [0, 0.05) is 11.6 Å². The fourth-order valence-corrected chi connectivity index (χ4v) is 2.22. The number of para-hydroxylation sites is 1. The lowest BCUT2D eigenvalue weighted by atomic mass is 10.0. The van der Waals surface area contributed by atoms with Gasteiger partial charge in [0.05, 0.1) is 11.9 Å². The number of nitrogens with one attached hydrogen (secondary N) is 1. The van der Waals surface area contributed by atoms with Crippen LogP contribution < -0.4 is 5.32 Å². The Morgan fingerprint density at radius 2 is 1.95 bits per heavy atom. The summed E-state index contributed by atoms with van der Waals surface area (Å²) in [6, 6.07) is 8.52. The molecule has 0 aliphatic carbocycles. The first kappa shape index (κ1) is 15.0. The maximum Gasteiger partial charge on any atom is 0.326 e. The number of carboxylic acids is 1. The molecule has 0 fully saturated rings. The predicted molar refractivity (Wildman–Crippen MR) is 79.9 cm³/mol. The Morgan fingerprint density at radius 1 is 1.24 bits per heavy atom. The molecule has 1 aromatic carbocycles. The van der Waals surface area contributed by atoms with E-state index in [1.54, 1.807) is 20.0 Å². The molecule has 0 spiro atoms. The number of carboxylic acid groups (broad SMARTS) is 1. The van der Waals surface area contributed by atoms with E-state index in [9.17, 15) is 9.59 Å². The fraction of sp³-hybridized carbons (Fsp3) is 0.312. The van der Waals surface area contributed by atoms with Gasteiger partial charge >= 0.3 is 5.97 Å². The fourth-order valence-electron chi connectivity index (χ4n) is 2.22. The van der Waals surface area contributed by atoms with Crippen LogP contribution in [0.3, 0.4) is 0 Å². The normalized spacial score (nSPS) is 12.3. The summed E-state index contributed by atoms with van der Waals surface area (Å²) in [7, 11) is 0. The van der Waals surface area contributed by atoms with Gasteiger partial charge in [-0.25, -0.2) is 4.79 Å². The molecule has 2 aromatic rings. The summed E-state index contributed by atoms with van der Waals surface area (Å²) in [6.07, 6.45) is 1.79. The van der Waals surface area contributed by atoms with Crippen LogP contribution in [0.2, 0.25) is 0 Å². The Bertz CT molecular complexity index is 662. The van der Waals surface area contributed by atoms with Gasteiger partial charge in [0.2, 0.25) is 5.91 Å². The second-order valence-corrected chi connectivity index (χ2v) is 5.30. The van der Waals surface area contributed by atoms with Crippen molar-refractivity contribution in [3.05, 3.63) is 42.1 Å². The van der Waals surface area contributed by atoms with Crippen LogP contribution in [0.15, 0.2) is 36.5 Å². The molecular weight excluding hydrogens is 268 g/mol. The lowest BCUT2D eigenvalue weighted by molar-refractivity contribution is -0.143. The summed E-state index contributed by atoms with van der Waals surface area (Å²) in [5.41, 5.74) is 1.56. The van der Waals surface area contributed by atoms with E-state index in [1.807, 2.05) is 30.3 Å². The number of benzene rings is 1. The molecule has 1 amide bonds. The topological polar surface area (TPSA) is 79.3 Å². The Kier molecular flexibility index (Phi) is 4.52. The van der Waals surface area contributed by atoms with Crippen LogP contribution >= 0.6 is 0 Å². The van der Waals surface area contributed by atoms with E-state index in [1.165, 1.54) is 0 Å². The van der Waals surface area contributed by atoms with Gasteiger partial charge in [0.1, 0.15) is 6.04 Å². The Morgan fingerprint density at radius 3 is 2.62 bits per heavy atom. The highest BCUT2D eigenvalue weighted by Crippen LogP contribution is 2.16. The average Bonchev–Trinajstić information content (AvgIpc) is 2.44. The second-order valence-electron chi connectivity index (χ2n) is 5.30. The molecular formula is C16H18N2O3. The summed E-state index contributed by atoms with van der Waals surface area (Å²) < 4.78 is 0. The Labute approximate surface area is 123 Å². The third-order valence-corrected chi connectivity index (χ3v) is 3.32. The van der Waals surface area contributed by atoms with E-state index in [4.69, 9.17) is 5.11 Å². The van der Waals surface area contributed by atoms with Gasteiger partial charge in [-0.15, -0.1) is 0 Å². The molecule has 2 N–H and O–H groups in total. The second kappa shape index (κ2) is 6.35. The standard InChI is InChI=1S/C16H18N2O3/c1-10(2)14(16(20)21)18-13(19)9-12-6-3-5-11-7-4-8-17-15(11)12/h3-8,10,14H,9H2,1-2H3,(H,18,19)(H,20,21). The zero-order valence-electron chi connectivity index (χ0n) is 12.0. The number of pyridine rings is 1. The molecule has 1 heterocycles. The molecule has 2 rings (SSSR count). The number of carbonyl (C=O) groups excluding carboxylic acids is 1. The van der Waals surface area contributed by atoms with Crippen LogP contribution in [-0.4, -0.2) is 28.0 Å². The van der Waals surface area contributed by atoms with Crippen LogP contribution in [-0.2, 0) is 16.0 Å². The van der Waals surface area contributed by atoms with Gasteiger partial charge in [-0.2, -0.15) is 0 Å². The van der Waals surface area contributed by atoms with Crippen LogP contribution in [0.4, 0.5) is 0 Å². The molecule has 1 atom stereocenters. The minimum atomic E-state index is -1.02. The summed E-state index contributed by atoms with van der Waals surface area (Å²) >= 11 is 0. The van der Waals surface area contributed by atoms with E-state index in [2.05, 4.69) is 10.3 Å². The molecule has 0 aliphatic heterocycles. The number of aromatic nitrogens is 1. The van der Waals surface area contributed by atoms with Crippen molar-refractivity contribution in [3.8, 4) is 0 Å². The Hall–Kier alpha value is -2.43. The first-order chi connectivity index (χ1) is 9.99. The van der Waals surface area contributed by atoms with E-state index in [0.29, 0.717) is 0 Å². The largest absolute Gasteiger partial charge is 0.480 e. The van der Waals surface area contributed by atoms with Gasteiger partial charge in [0.15, 0.2) is 0 Å². The average molecular weight is 286 g/mol. The molecule has 5 nitrogen and oxygen atoms in total. The van der Waals surface area contributed by atoms with E-state index < -0.39 is 12.0 Å². The lowest BCUT2D eigenvalue weighted by Gasteiger charge is -2.18. The highest BCUT2D eigenvalue weighted by Gasteiger charge is 2.23. The van der Waals surface area contributed by atoms with E-state index in [-0.39, 0.29) is 18.2 Å². The molecule has 110 valence electrons. The number of carbonyl (C=O) groups is 2. The number of fused-ring (bicyclic) bond motifs is 1. The number of rotatable bonds is 5. The lowest BCUT2D eigenvalue weighted by Crippen LogP contribution is -2.44. The number of amides is 1. The van der Waals surface area contributed by atoms with Gasteiger partial charge in [-0.1, -0.05) is 38.1 Å². The predicted octanol–water partition coefficient (Wildman–Crippen LogP) is 2.00. The molecule has 0 aliphatic rings. The van der Waals surface area contributed by atoms with Gasteiger partial charge in [-0.05, 0) is 17.5 Å². The molecule has 0 saturated carbocycles. The SMILES string of the molecule is CC(C)C(NC(=O)Cc1cccc2cccnc12)C(=O)O. The van der Waals surface area contributed by atoms with Crippen LogP contribution in [0, 0.1) is 5.92 Å². The number of hydrogen-bond acceptors (Lipinski definition) is 3. The number of hydrogen-bond donors (Lipinski definition) is 2. The summed E-state index contributed by atoms with van der Waals surface area (Å²) in [5, 5.41) is 12.6. The maximum atomic E-state index is 12.1. The third-order valence-electron chi connectivity index (χ3n) is 3.32. The molecule has 0 saturated heterocycles. The van der Waals surface area contributed by atoms with Gasteiger partial charge in [0.25, 0.3) is 0 Å². The van der Waals surface area contributed by atoms with Crippen molar-refractivity contribution in [1.29, 1.82) is 0 Å². The van der Waals surface area contributed by atoms with Crippen molar-refractivity contribution in [1.82, 2.24) is 10.3 Å². The molecule has 1 aromatic heterocycles. The van der Waals surface area contributed by atoms with Crippen molar-refractivity contribution in [2.75, 3.05) is 0 Å². The van der Waals surface area contributed by atoms with E-state index >= 15 is 0 Å². The first-order valence-corrected chi connectivity index (χ1v) is 6.84. The van der Waals surface area contributed by atoms with Crippen molar-refractivity contribution in [2.45, 2.75) is 26.3 Å². The Balaban J connectivity index is 2.17. The van der Waals surface area contributed by atoms with Crippen LogP contribution in [0.5, 0.6) is 0 Å². The molecule has 0 bridgehead atoms. The quantitative estimate of drug-likeness (QED) is 0.881. The first-order valence-electron chi connectivity index (χ1n) is 6.84. The molecule has 5 heteroatoms. The molecule has 21 heavy (non-hydrogen) atoms. The van der Waals surface area contributed by atoms with Crippen LogP contribution in [0.25, 0.3) is 10.9 Å². The highest BCUT2D eigenvalue weighted by atomic mass is 16.4. The van der Waals surface area contributed by atoms with Crippen molar-refractivity contribution >= 4 is 22.8 Å². The smallest absolute Gasteiger partial charge is 0.326 e. The third kappa shape index (κ3) is 3.56. The maximum absolute atomic E-state index is 12.1. The van der Waals surface area contributed by atoms with Crippen molar-refractivity contribution in [2.24, 2.45) is 5.92 Å². The van der Waals surface area contributed by atoms with Crippen LogP contribution in [0.1, 0.15) is 19.4 Å². The number of nitrogens with zero attached hydrogens (tertiary/aromatic N) is 1. The van der Waals surface area contributed by atoms with Gasteiger partial charge < -0.3 is 10.4 Å². The van der Waals surface area contributed by atoms with Gasteiger partial charge in [-0.3, -0.25) is 9.78 Å². The van der Waals surface area contributed by atoms with Crippen molar-refractivity contribution < 1.29 is 14.7 Å². The summed E-state index contributed by atoms with van der Waals surface area (Å²) in [5.74, 6) is -1.50.